The number of nitrogens with zero attached hydrogens (tertiary/aromatic N) is 7. The van der Waals surface area contributed by atoms with E-state index in [0.717, 1.165) is 138 Å². The molecule has 12 heteroatoms. The molecule has 2 N–H and O–H groups in total. The van der Waals surface area contributed by atoms with E-state index in [1.165, 1.54) is 35.0 Å². The van der Waals surface area contributed by atoms with Gasteiger partial charge in [0.2, 0.25) is 6.04 Å². The van der Waals surface area contributed by atoms with Gasteiger partial charge in [0.15, 0.2) is 0 Å². The van der Waals surface area contributed by atoms with E-state index in [9.17, 15) is 0 Å². The molecule has 12 nitrogen and oxygen atoms in total. The predicted octanol–water partition coefficient (Wildman–Crippen LogP) is 6.50. The first-order valence-electron chi connectivity index (χ1n) is 20.6. The van der Waals surface area contributed by atoms with Crippen molar-refractivity contribution in [1.29, 1.82) is 0 Å². The number of piperidine rings is 2. The van der Waals surface area contributed by atoms with Crippen LogP contribution >= 0.6 is 0 Å². The molecule has 300 valence electrons. The van der Waals surface area contributed by atoms with Crippen molar-refractivity contribution in [3.05, 3.63) is 60.2 Å². The molecule has 0 saturated carbocycles. The first-order chi connectivity index (χ1) is 27.4. The zero-order valence-electron chi connectivity index (χ0n) is 33.8. The average Bonchev–Trinajstić information content (AvgIpc) is 3.28. The van der Waals surface area contributed by atoms with Crippen molar-refractivity contribution < 1.29 is 18.9 Å². The van der Waals surface area contributed by atoms with E-state index in [1.54, 1.807) is 14.2 Å². The summed E-state index contributed by atoms with van der Waals surface area (Å²) in [7, 11) is 3.45. The van der Waals surface area contributed by atoms with Crippen molar-refractivity contribution in [2.75, 3.05) is 119 Å². The number of hydrogen-bond donors (Lipinski definition) is 1. The number of morpholine rings is 2. The topological polar surface area (TPSA) is 106 Å². The highest BCUT2D eigenvalue weighted by Crippen LogP contribution is 2.40. The molecule has 0 aliphatic carbocycles. The van der Waals surface area contributed by atoms with Gasteiger partial charge in [0.1, 0.15) is 11.5 Å². The first kappa shape index (κ1) is 39.7. The summed E-state index contributed by atoms with van der Waals surface area (Å²) in [5.41, 5.74) is 12.6. The van der Waals surface area contributed by atoms with Crippen molar-refractivity contribution in [2.45, 2.75) is 45.6 Å². The van der Waals surface area contributed by atoms with Gasteiger partial charge in [-0.2, -0.15) is 0 Å². The van der Waals surface area contributed by atoms with E-state index in [-0.39, 0.29) is 6.04 Å². The molecule has 6 heterocycles. The van der Waals surface area contributed by atoms with Crippen molar-refractivity contribution in [1.82, 2.24) is 9.97 Å². The lowest BCUT2D eigenvalue weighted by Crippen LogP contribution is -2.37. The summed E-state index contributed by atoms with van der Waals surface area (Å²) in [5.74, 6) is 3.59. The zero-order chi connectivity index (χ0) is 39.0. The standard InChI is InChI=1S/C22H28N4O2.C22H32N4O2/c1-16(23-2)17-5-8-25(9-6-17)20-4-7-24-19-15-22(27-3)21(14-18(19)20)26-10-12-28-13-11-26;1-16(15-23)17-4-7-25(8-5-17)20-3-6-24-19-14-22(27-2)21(13-18(19)20)26-9-11-28-12-10-26/h4,7,14-17H,5-6,8-13H2,1,3H3;3,6,13-14,16-17H,4-5,7-12,15,23H2,1-2H3. The van der Waals surface area contributed by atoms with Gasteiger partial charge in [-0.25, -0.2) is 6.57 Å². The van der Waals surface area contributed by atoms with E-state index in [1.807, 2.05) is 12.4 Å². The normalized spacial score (nSPS) is 19.6. The summed E-state index contributed by atoms with van der Waals surface area (Å²) < 4.78 is 22.4. The van der Waals surface area contributed by atoms with E-state index in [2.05, 4.69) is 84.7 Å². The van der Waals surface area contributed by atoms with Crippen LogP contribution in [-0.2, 0) is 9.47 Å². The minimum Gasteiger partial charge on any atom is -0.495 e. The second-order valence-corrected chi connectivity index (χ2v) is 15.7. The van der Waals surface area contributed by atoms with Crippen molar-refractivity contribution in [3.8, 4) is 11.5 Å². The van der Waals surface area contributed by atoms with E-state index >= 15 is 0 Å². The maximum Gasteiger partial charge on any atom is 0.223 e. The Kier molecular flexibility index (Phi) is 13.2. The zero-order valence-corrected chi connectivity index (χ0v) is 33.8. The Balaban J connectivity index is 0.000000172. The van der Waals surface area contributed by atoms with Crippen LogP contribution in [-0.4, -0.2) is 116 Å². The average molecular weight is 765 g/mol. The van der Waals surface area contributed by atoms with Gasteiger partial charge >= 0.3 is 0 Å². The van der Waals surface area contributed by atoms with Crippen LogP contribution in [0, 0.1) is 24.3 Å². The Morgan fingerprint density at radius 2 is 1.07 bits per heavy atom. The quantitative estimate of drug-likeness (QED) is 0.189. The summed E-state index contributed by atoms with van der Waals surface area (Å²) in [6.45, 7) is 23.1. The van der Waals surface area contributed by atoms with Gasteiger partial charge in [-0.15, -0.1) is 0 Å². The molecular formula is C44H60N8O4. The highest BCUT2D eigenvalue weighted by atomic mass is 16.5. The molecule has 4 aliphatic heterocycles. The lowest BCUT2D eigenvalue weighted by atomic mass is 9.85. The van der Waals surface area contributed by atoms with Crippen LogP contribution < -0.4 is 34.8 Å². The number of nitrogens with two attached hydrogens (primary N) is 1. The van der Waals surface area contributed by atoms with E-state index in [0.29, 0.717) is 11.8 Å². The maximum absolute atomic E-state index is 7.30. The Bertz CT molecular complexity index is 1940. The number of hydrogen-bond acceptors (Lipinski definition) is 11. The van der Waals surface area contributed by atoms with Crippen LogP contribution in [0.3, 0.4) is 0 Å². The molecule has 2 aromatic carbocycles. The van der Waals surface area contributed by atoms with Crippen LogP contribution in [0.4, 0.5) is 22.7 Å². The Labute approximate surface area is 332 Å². The smallest absolute Gasteiger partial charge is 0.223 e. The van der Waals surface area contributed by atoms with Gasteiger partial charge in [-0.05, 0) is 68.3 Å². The molecule has 4 aromatic rings. The number of fused-ring (bicyclic) bond motifs is 2. The largest absolute Gasteiger partial charge is 0.495 e. The summed E-state index contributed by atoms with van der Waals surface area (Å²) in [6.07, 6.45) is 8.35. The van der Waals surface area contributed by atoms with Gasteiger partial charge in [0.25, 0.3) is 0 Å². The fourth-order valence-electron chi connectivity index (χ4n) is 8.91. The third kappa shape index (κ3) is 8.70. The lowest BCUT2D eigenvalue weighted by molar-refractivity contribution is 0.122. The molecule has 4 fully saturated rings. The minimum absolute atomic E-state index is 0.119. The number of benzene rings is 2. The van der Waals surface area contributed by atoms with Crippen LogP contribution in [0.25, 0.3) is 26.7 Å². The molecule has 0 spiro atoms. The Hall–Kier alpha value is -4.57. The van der Waals surface area contributed by atoms with Crippen molar-refractivity contribution in [2.24, 2.45) is 23.5 Å². The van der Waals surface area contributed by atoms with Gasteiger partial charge in [-0.3, -0.25) is 9.97 Å². The van der Waals surface area contributed by atoms with E-state index in [4.69, 9.17) is 31.3 Å². The second-order valence-electron chi connectivity index (χ2n) is 15.7. The third-order valence-corrected chi connectivity index (χ3v) is 12.6. The molecule has 4 saturated heterocycles. The Morgan fingerprint density at radius 3 is 1.46 bits per heavy atom. The summed E-state index contributed by atoms with van der Waals surface area (Å²) >= 11 is 0. The van der Waals surface area contributed by atoms with Gasteiger partial charge in [0.05, 0.1) is 63.1 Å². The van der Waals surface area contributed by atoms with E-state index < -0.39 is 0 Å². The molecule has 0 amide bonds. The van der Waals surface area contributed by atoms with Crippen LogP contribution in [0.1, 0.15) is 39.5 Å². The predicted molar refractivity (Wildman–Crippen MR) is 227 cm³/mol. The van der Waals surface area contributed by atoms with Crippen LogP contribution in [0.5, 0.6) is 11.5 Å². The van der Waals surface area contributed by atoms with Gasteiger partial charge in [0, 0.05) is 112 Å². The van der Waals surface area contributed by atoms with Crippen LogP contribution in [0.15, 0.2) is 48.8 Å². The maximum atomic E-state index is 7.30. The van der Waals surface area contributed by atoms with Crippen molar-refractivity contribution in [3.63, 3.8) is 0 Å². The lowest BCUT2D eigenvalue weighted by Gasteiger charge is -2.36. The molecule has 0 bridgehead atoms. The molecule has 2 unspecified atom stereocenters. The molecule has 56 heavy (non-hydrogen) atoms. The molecule has 8 rings (SSSR count). The number of rotatable bonds is 9. The van der Waals surface area contributed by atoms with Crippen LogP contribution in [0.2, 0.25) is 0 Å². The third-order valence-electron chi connectivity index (χ3n) is 12.6. The number of pyridine rings is 2. The molecule has 0 radical (unpaired) electrons. The SMILES string of the molecule is COc1cc2nccc(N3CCC(C(C)CN)CC3)c2cc1N1CCOCC1.[C-]#[N+]C(C)C1CCN(c2ccnc3cc(OC)c(N4CCOCC4)cc23)CC1. The molecular weight excluding hydrogens is 705 g/mol. The highest BCUT2D eigenvalue weighted by Gasteiger charge is 2.29. The number of anilines is 4. The van der Waals surface area contributed by atoms with Gasteiger partial charge < -0.3 is 49.1 Å². The van der Waals surface area contributed by atoms with Gasteiger partial charge in [-0.1, -0.05) is 6.92 Å². The monoisotopic (exact) mass is 764 g/mol. The summed E-state index contributed by atoms with van der Waals surface area (Å²) in [4.78, 5) is 22.6. The van der Waals surface area contributed by atoms with Crippen molar-refractivity contribution >= 4 is 44.6 Å². The molecule has 2 aromatic heterocycles. The number of methoxy groups -OCH3 is 2. The second kappa shape index (κ2) is 18.6. The molecule has 2 atom stereocenters. The summed E-state index contributed by atoms with van der Waals surface area (Å²) in [6, 6.07) is 13.0. The minimum atomic E-state index is 0.119. The molecule has 4 aliphatic rings. The fourth-order valence-corrected chi connectivity index (χ4v) is 8.91. The fraction of sp³-hybridized carbons (Fsp3) is 0.568. The number of aromatic nitrogens is 2. The first-order valence-corrected chi connectivity index (χ1v) is 20.6. The Morgan fingerprint density at radius 1 is 0.661 bits per heavy atom. The summed E-state index contributed by atoms with van der Waals surface area (Å²) in [5, 5.41) is 2.37. The number of ether oxygens (including phenoxy) is 4. The highest BCUT2D eigenvalue weighted by molar-refractivity contribution is 5.97.